The van der Waals surface area contributed by atoms with Crippen molar-refractivity contribution in [3.63, 3.8) is 0 Å². The first-order valence-corrected chi connectivity index (χ1v) is 16.9. The zero-order valence-corrected chi connectivity index (χ0v) is 27.5. The molecular weight excluding hydrogens is 670 g/mol. The van der Waals surface area contributed by atoms with Crippen molar-refractivity contribution in [3.05, 3.63) is 131 Å². The van der Waals surface area contributed by atoms with Gasteiger partial charge in [0.05, 0.1) is 21.2 Å². The predicted molar refractivity (Wildman–Crippen MR) is 176 cm³/mol. The Morgan fingerprint density at radius 1 is 0.875 bits per heavy atom. The number of benzene rings is 4. The second kappa shape index (κ2) is 16.1. The van der Waals surface area contributed by atoms with Gasteiger partial charge in [0.15, 0.2) is 0 Å². The van der Waals surface area contributed by atoms with Crippen LogP contribution in [0, 0.1) is 5.82 Å². The third-order valence-corrected chi connectivity index (χ3v) is 9.64. The third kappa shape index (κ3) is 9.35. The van der Waals surface area contributed by atoms with Gasteiger partial charge in [0.25, 0.3) is 10.0 Å². The zero-order valence-electron chi connectivity index (χ0n) is 26.0. The summed E-state index contributed by atoms with van der Waals surface area (Å²) < 4.78 is 84.1. The summed E-state index contributed by atoms with van der Waals surface area (Å²) in [5.41, 5.74) is -0.612. The zero-order chi connectivity index (χ0) is 34.9. The number of nitrogens with one attached hydrogen (secondary N) is 1. The molecule has 0 heterocycles. The minimum atomic E-state index is -4.93. The van der Waals surface area contributed by atoms with Gasteiger partial charge in [0, 0.05) is 19.5 Å². The number of anilines is 1. The van der Waals surface area contributed by atoms with Gasteiger partial charge in [-0.15, -0.1) is 0 Å². The van der Waals surface area contributed by atoms with Gasteiger partial charge in [-0.1, -0.05) is 85.6 Å². The number of nitrogens with zero attached hydrogens (tertiary/aromatic N) is 2. The van der Waals surface area contributed by atoms with Crippen LogP contribution in [0.4, 0.5) is 23.2 Å². The van der Waals surface area contributed by atoms with Crippen LogP contribution in [0.5, 0.6) is 0 Å². The van der Waals surface area contributed by atoms with Crippen LogP contribution in [0.3, 0.4) is 0 Å². The van der Waals surface area contributed by atoms with Crippen molar-refractivity contribution in [3.8, 4) is 0 Å². The van der Waals surface area contributed by atoms with Crippen molar-refractivity contribution >= 4 is 39.1 Å². The molecule has 0 aliphatic rings. The fourth-order valence-corrected chi connectivity index (χ4v) is 6.63. The Morgan fingerprint density at radius 2 is 1.50 bits per heavy atom. The summed E-state index contributed by atoms with van der Waals surface area (Å²) in [5, 5.41) is 2.19. The van der Waals surface area contributed by atoms with E-state index in [4.69, 9.17) is 11.6 Å². The largest absolute Gasteiger partial charge is 0.417 e. The number of sulfonamides is 1. The van der Waals surface area contributed by atoms with Crippen LogP contribution < -0.4 is 9.62 Å². The summed E-state index contributed by atoms with van der Waals surface area (Å²) in [6, 6.07) is 22.4. The highest BCUT2D eigenvalue weighted by Crippen LogP contribution is 2.38. The Hall–Kier alpha value is -4.42. The average molecular weight is 704 g/mol. The molecule has 0 unspecified atom stereocenters. The number of alkyl halides is 3. The molecule has 0 aliphatic carbocycles. The Kier molecular flexibility index (Phi) is 12.2. The minimum Gasteiger partial charge on any atom is -0.354 e. The van der Waals surface area contributed by atoms with E-state index in [-0.39, 0.29) is 17.9 Å². The van der Waals surface area contributed by atoms with Crippen molar-refractivity contribution in [2.24, 2.45) is 0 Å². The van der Waals surface area contributed by atoms with Gasteiger partial charge >= 0.3 is 6.18 Å². The number of unbranched alkanes of at least 4 members (excludes halogenated alkanes) is 1. The summed E-state index contributed by atoms with van der Waals surface area (Å²) in [4.78, 5) is 29.1. The smallest absolute Gasteiger partial charge is 0.354 e. The van der Waals surface area contributed by atoms with E-state index >= 15 is 0 Å². The van der Waals surface area contributed by atoms with E-state index in [1.165, 1.54) is 53.4 Å². The average Bonchev–Trinajstić information content (AvgIpc) is 3.06. The molecule has 2 amide bonds. The highest BCUT2D eigenvalue weighted by molar-refractivity contribution is 7.92. The summed E-state index contributed by atoms with van der Waals surface area (Å²) in [5.74, 6) is -1.92. The first kappa shape index (κ1) is 36.4. The van der Waals surface area contributed by atoms with Crippen LogP contribution in [0.15, 0.2) is 108 Å². The first-order valence-electron chi connectivity index (χ1n) is 15.1. The van der Waals surface area contributed by atoms with Crippen molar-refractivity contribution < 1.29 is 35.6 Å². The highest BCUT2D eigenvalue weighted by Gasteiger charge is 2.37. The van der Waals surface area contributed by atoms with E-state index in [1.54, 1.807) is 36.4 Å². The maximum Gasteiger partial charge on any atom is 0.417 e. The lowest BCUT2D eigenvalue weighted by molar-refractivity contribution is -0.140. The van der Waals surface area contributed by atoms with E-state index < -0.39 is 62.7 Å². The molecule has 4 aromatic carbocycles. The molecule has 0 aliphatic heterocycles. The van der Waals surface area contributed by atoms with Crippen molar-refractivity contribution in [1.29, 1.82) is 0 Å². The highest BCUT2D eigenvalue weighted by atomic mass is 35.5. The molecule has 1 atom stereocenters. The van der Waals surface area contributed by atoms with Gasteiger partial charge in [-0.2, -0.15) is 13.2 Å². The SMILES string of the molecule is CCCCNC(=O)[C@H](Cc1ccccc1)N(Cc1ccc(F)cc1)C(=O)CN(c1ccc(Cl)c(C(F)(F)F)c1)S(=O)(=O)c1ccccc1. The maximum absolute atomic E-state index is 14.4. The summed E-state index contributed by atoms with van der Waals surface area (Å²) >= 11 is 5.85. The molecule has 13 heteroatoms. The molecular formula is C35H34ClF4N3O4S. The van der Waals surface area contributed by atoms with Crippen LogP contribution >= 0.6 is 11.6 Å². The molecule has 254 valence electrons. The third-order valence-electron chi connectivity index (χ3n) is 7.52. The fourth-order valence-electron chi connectivity index (χ4n) is 4.98. The lowest BCUT2D eigenvalue weighted by atomic mass is 10.0. The molecule has 4 aromatic rings. The lowest BCUT2D eigenvalue weighted by Crippen LogP contribution is -2.53. The molecule has 0 radical (unpaired) electrons. The molecule has 0 fully saturated rings. The minimum absolute atomic E-state index is 0.0380. The molecule has 48 heavy (non-hydrogen) atoms. The Bertz CT molecular complexity index is 1790. The second-order valence-electron chi connectivity index (χ2n) is 11.0. The molecule has 0 bridgehead atoms. The van der Waals surface area contributed by atoms with Gasteiger partial charge in [0.2, 0.25) is 11.8 Å². The standard InChI is InChI=1S/C35H34ClF4N3O4S/c1-2-3-20-41-34(45)32(21-25-10-6-4-7-11-25)42(23-26-14-16-27(37)17-15-26)33(44)24-43(48(46,47)29-12-8-5-9-13-29)28-18-19-31(36)30(22-28)35(38,39)40/h4-19,22,32H,2-3,20-21,23-24H2,1H3,(H,41,45)/t32-/m0/s1. The van der Waals surface area contributed by atoms with Crippen LogP contribution in [-0.4, -0.2) is 44.3 Å². The molecule has 4 rings (SSSR count). The number of hydrogen-bond donors (Lipinski definition) is 1. The van der Waals surface area contributed by atoms with Crippen molar-refractivity contribution in [1.82, 2.24) is 10.2 Å². The normalized spacial score (nSPS) is 12.3. The van der Waals surface area contributed by atoms with Gasteiger partial charge in [-0.3, -0.25) is 13.9 Å². The van der Waals surface area contributed by atoms with E-state index in [1.807, 2.05) is 6.92 Å². The van der Waals surface area contributed by atoms with Gasteiger partial charge in [0.1, 0.15) is 18.4 Å². The van der Waals surface area contributed by atoms with Crippen molar-refractivity contribution in [2.45, 2.75) is 49.8 Å². The lowest BCUT2D eigenvalue weighted by Gasteiger charge is -2.34. The summed E-state index contributed by atoms with van der Waals surface area (Å²) in [6.45, 7) is 1.07. The van der Waals surface area contributed by atoms with Crippen LogP contribution in [0.2, 0.25) is 5.02 Å². The Balaban J connectivity index is 1.84. The van der Waals surface area contributed by atoms with Crippen LogP contribution in [0.1, 0.15) is 36.5 Å². The van der Waals surface area contributed by atoms with Gasteiger partial charge in [-0.25, -0.2) is 12.8 Å². The van der Waals surface area contributed by atoms with Gasteiger partial charge in [-0.05, 0) is 60.0 Å². The summed E-state index contributed by atoms with van der Waals surface area (Å²) in [7, 11) is -4.63. The van der Waals surface area contributed by atoms with E-state index in [0.717, 1.165) is 18.6 Å². The molecule has 0 spiro atoms. The van der Waals surface area contributed by atoms with E-state index in [9.17, 15) is 35.6 Å². The van der Waals surface area contributed by atoms with E-state index in [2.05, 4.69) is 5.32 Å². The number of carbonyl (C=O) groups is 2. The number of carbonyl (C=O) groups excluding carboxylic acids is 2. The Labute approximate surface area is 282 Å². The molecule has 0 saturated carbocycles. The molecule has 0 saturated heterocycles. The predicted octanol–water partition coefficient (Wildman–Crippen LogP) is 7.25. The van der Waals surface area contributed by atoms with Crippen LogP contribution in [0.25, 0.3) is 0 Å². The first-order chi connectivity index (χ1) is 22.8. The number of halogens is 5. The quantitative estimate of drug-likeness (QED) is 0.111. The molecule has 7 nitrogen and oxygen atoms in total. The summed E-state index contributed by atoms with van der Waals surface area (Å²) in [6.07, 6.45) is -3.44. The van der Waals surface area contributed by atoms with Gasteiger partial charge < -0.3 is 10.2 Å². The fraction of sp³-hybridized carbons (Fsp3) is 0.257. The second-order valence-corrected chi connectivity index (χ2v) is 13.3. The maximum atomic E-state index is 14.4. The van der Waals surface area contributed by atoms with E-state index in [0.29, 0.717) is 34.5 Å². The number of amides is 2. The topological polar surface area (TPSA) is 86.8 Å². The van der Waals surface area contributed by atoms with Crippen LogP contribution in [-0.2, 0) is 38.8 Å². The number of rotatable bonds is 14. The monoisotopic (exact) mass is 703 g/mol. The Morgan fingerprint density at radius 3 is 2.10 bits per heavy atom. The number of hydrogen-bond acceptors (Lipinski definition) is 4. The molecule has 0 aromatic heterocycles. The molecule has 1 N–H and O–H groups in total. The van der Waals surface area contributed by atoms with Crippen molar-refractivity contribution in [2.75, 3.05) is 17.4 Å².